The van der Waals surface area contributed by atoms with E-state index in [-0.39, 0.29) is 23.9 Å². The molecule has 2 heterocycles. The molecule has 0 saturated carbocycles. The van der Waals surface area contributed by atoms with Gasteiger partial charge < -0.3 is 19.4 Å². The van der Waals surface area contributed by atoms with Gasteiger partial charge in [-0.25, -0.2) is 4.79 Å². The number of carbonyl (C=O) groups excluding carboxylic acids is 2. The maximum absolute atomic E-state index is 12.8. The molecule has 0 saturated heterocycles. The van der Waals surface area contributed by atoms with E-state index in [1.807, 2.05) is 41.3 Å². The number of nitrogens with zero attached hydrogens (tertiary/aromatic N) is 1. The van der Waals surface area contributed by atoms with Crippen LogP contribution in [0.5, 0.6) is 5.75 Å². The Hall–Kier alpha value is -3.28. The highest BCUT2D eigenvalue weighted by Gasteiger charge is 2.25. The third-order valence-corrected chi connectivity index (χ3v) is 5.83. The number of aromatic nitrogens is 1. The van der Waals surface area contributed by atoms with Crippen molar-refractivity contribution in [2.24, 2.45) is 0 Å². The van der Waals surface area contributed by atoms with Crippen LogP contribution in [0, 0.1) is 0 Å². The fraction of sp³-hybridized carbons (Fsp3) is 0.360. The zero-order valence-corrected chi connectivity index (χ0v) is 18.5. The van der Waals surface area contributed by atoms with E-state index in [9.17, 15) is 9.59 Å². The lowest BCUT2D eigenvalue weighted by atomic mass is 9.87. The van der Waals surface area contributed by atoms with Gasteiger partial charge in [-0.1, -0.05) is 32.9 Å². The second-order valence-electron chi connectivity index (χ2n) is 8.96. The Morgan fingerprint density at radius 2 is 1.84 bits per heavy atom. The number of nitrogens with one attached hydrogen (secondary N) is 1. The molecule has 3 aromatic rings. The van der Waals surface area contributed by atoms with Gasteiger partial charge in [0.05, 0.1) is 12.7 Å². The summed E-state index contributed by atoms with van der Waals surface area (Å²) in [6.45, 7) is 7.61. The van der Waals surface area contributed by atoms with Crippen LogP contribution in [0.25, 0.3) is 10.9 Å². The molecule has 31 heavy (non-hydrogen) atoms. The normalized spacial score (nSPS) is 13.7. The minimum Gasteiger partial charge on any atom is -0.484 e. The van der Waals surface area contributed by atoms with Crippen molar-refractivity contribution in [3.8, 4) is 5.75 Å². The molecule has 1 aliphatic heterocycles. The molecule has 1 amide bonds. The molecule has 6 nitrogen and oxygen atoms in total. The summed E-state index contributed by atoms with van der Waals surface area (Å²) in [5.41, 5.74) is 4.92. The van der Waals surface area contributed by atoms with Crippen molar-refractivity contribution in [3.63, 3.8) is 0 Å². The average Bonchev–Trinajstić information content (AvgIpc) is 3.13. The maximum Gasteiger partial charge on any atom is 0.337 e. The molecule has 4 rings (SSSR count). The van der Waals surface area contributed by atoms with Gasteiger partial charge in [-0.2, -0.15) is 0 Å². The third-order valence-electron chi connectivity index (χ3n) is 5.83. The lowest BCUT2D eigenvalue weighted by Crippen LogP contribution is -2.38. The zero-order valence-electron chi connectivity index (χ0n) is 18.5. The minimum absolute atomic E-state index is 0.0000358. The summed E-state index contributed by atoms with van der Waals surface area (Å²) in [6.07, 6.45) is 0.740. The van der Waals surface area contributed by atoms with Crippen LogP contribution in [0.3, 0.4) is 0 Å². The van der Waals surface area contributed by atoms with E-state index >= 15 is 0 Å². The van der Waals surface area contributed by atoms with Crippen molar-refractivity contribution in [2.45, 2.75) is 39.2 Å². The summed E-state index contributed by atoms with van der Waals surface area (Å²) in [7, 11) is 1.37. The quantitative estimate of drug-likeness (QED) is 0.642. The molecule has 0 spiro atoms. The highest BCUT2D eigenvalue weighted by atomic mass is 16.5. The van der Waals surface area contributed by atoms with Gasteiger partial charge in [-0.05, 0) is 41.3 Å². The van der Waals surface area contributed by atoms with Crippen LogP contribution in [0.1, 0.15) is 48.0 Å². The van der Waals surface area contributed by atoms with Gasteiger partial charge in [-0.15, -0.1) is 0 Å². The standard InChI is InChI=1S/C25H28N2O4/c1-25(2,3)17-6-8-18(9-7-17)31-15-23(28)27-12-11-22-20(14-27)19-13-16(24(29)30-4)5-10-21(19)26-22/h5-10,13,26H,11-12,14-15H2,1-4H3. The van der Waals surface area contributed by atoms with E-state index in [4.69, 9.17) is 9.47 Å². The first kappa shape index (κ1) is 21.0. The molecule has 0 bridgehead atoms. The number of H-pyrrole nitrogens is 1. The lowest BCUT2D eigenvalue weighted by molar-refractivity contribution is -0.134. The largest absolute Gasteiger partial charge is 0.484 e. The second kappa shape index (κ2) is 8.10. The molecule has 0 atom stereocenters. The van der Waals surface area contributed by atoms with E-state index in [2.05, 4.69) is 25.8 Å². The fourth-order valence-corrected chi connectivity index (χ4v) is 3.96. The highest BCUT2D eigenvalue weighted by Crippen LogP contribution is 2.29. The molecule has 2 aromatic carbocycles. The van der Waals surface area contributed by atoms with Crippen LogP contribution in [0.15, 0.2) is 42.5 Å². The summed E-state index contributed by atoms with van der Waals surface area (Å²) in [6, 6.07) is 13.4. The van der Waals surface area contributed by atoms with Gasteiger partial charge in [0.1, 0.15) is 5.75 Å². The third kappa shape index (κ3) is 4.29. The monoisotopic (exact) mass is 420 g/mol. The summed E-state index contributed by atoms with van der Waals surface area (Å²) in [5, 5.41) is 0.953. The molecule has 6 heteroatoms. The van der Waals surface area contributed by atoms with E-state index in [1.54, 1.807) is 6.07 Å². The van der Waals surface area contributed by atoms with Crippen LogP contribution in [0.4, 0.5) is 0 Å². The number of carbonyl (C=O) groups is 2. The van der Waals surface area contributed by atoms with Gasteiger partial charge in [0, 0.05) is 41.7 Å². The number of fused-ring (bicyclic) bond motifs is 3. The topological polar surface area (TPSA) is 71.6 Å². The van der Waals surface area contributed by atoms with Crippen LogP contribution in [-0.2, 0) is 27.9 Å². The lowest BCUT2D eigenvalue weighted by Gasteiger charge is -2.27. The van der Waals surface area contributed by atoms with Crippen molar-refractivity contribution < 1.29 is 19.1 Å². The number of hydrogen-bond acceptors (Lipinski definition) is 4. The molecular formula is C25H28N2O4. The molecule has 0 unspecified atom stereocenters. The smallest absolute Gasteiger partial charge is 0.337 e. The predicted octanol–water partition coefficient (Wildman–Crippen LogP) is 4.22. The number of hydrogen-bond donors (Lipinski definition) is 1. The summed E-state index contributed by atoms with van der Waals surface area (Å²) < 4.78 is 10.6. The Kier molecular flexibility index (Phi) is 5.48. The van der Waals surface area contributed by atoms with Gasteiger partial charge >= 0.3 is 5.97 Å². The molecule has 1 aliphatic rings. The number of ether oxygens (including phenoxy) is 2. The van der Waals surface area contributed by atoms with Crippen molar-refractivity contribution >= 4 is 22.8 Å². The van der Waals surface area contributed by atoms with Gasteiger partial charge in [0.2, 0.25) is 0 Å². The van der Waals surface area contributed by atoms with Gasteiger partial charge in [0.25, 0.3) is 5.91 Å². The highest BCUT2D eigenvalue weighted by molar-refractivity contribution is 5.96. The first-order chi connectivity index (χ1) is 14.8. The number of benzene rings is 2. The fourth-order valence-electron chi connectivity index (χ4n) is 3.96. The molecule has 0 aliphatic carbocycles. The summed E-state index contributed by atoms with van der Waals surface area (Å²) >= 11 is 0. The van der Waals surface area contributed by atoms with E-state index < -0.39 is 0 Å². The zero-order chi connectivity index (χ0) is 22.2. The Labute approximate surface area is 182 Å². The Balaban J connectivity index is 1.45. The van der Waals surface area contributed by atoms with Crippen molar-refractivity contribution in [2.75, 3.05) is 20.3 Å². The maximum atomic E-state index is 12.8. The molecule has 0 radical (unpaired) electrons. The predicted molar refractivity (Wildman–Crippen MR) is 119 cm³/mol. The molecular weight excluding hydrogens is 392 g/mol. The van der Waals surface area contributed by atoms with Gasteiger partial charge in [-0.3, -0.25) is 4.79 Å². The van der Waals surface area contributed by atoms with Crippen LogP contribution in [-0.4, -0.2) is 42.0 Å². The van der Waals surface area contributed by atoms with Crippen LogP contribution >= 0.6 is 0 Å². The van der Waals surface area contributed by atoms with Crippen molar-refractivity contribution in [1.29, 1.82) is 0 Å². The van der Waals surface area contributed by atoms with Crippen molar-refractivity contribution in [1.82, 2.24) is 9.88 Å². The number of amides is 1. The Morgan fingerprint density at radius 3 is 2.52 bits per heavy atom. The first-order valence-electron chi connectivity index (χ1n) is 10.5. The van der Waals surface area contributed by atoms with E-state index in [0.29, 0.717) is 24.4 Å². The number of rotatable bonds is 4. The molecule has 1 N–H and O–H groups in total. The number of methoxy groups -OCH3 is 1. The number of aromatic amines is 1. The second-order valence-corrected chi connectivity index (χ2v) is 8.96. The SMILES string of the molecule is COC(=O)c1ccc2[nH]c3c(c2c1)CN(C(=O)COc1ccc(C(C)(C)C)cc1)CC3. The molecule has 1 aromatic heterocycles. The summed E-state index contributed by atoms with van der Waals surface area (Å²) in [5.74, 6) is 0.268. The van der Waals surface area contributed by atoms with Crippen LogP contribution < -0.4 is 4.74 Å². The number of esters is 1. The molecule has 0 fully saturated rings. The minimum atomic E-state index is -0.369. The Bertz CT molecular complexity index is 1120. The Morgan fingerprint density at radius 1 is 1.10 bits per heavy atom. The van der Waals surface area contributed by atoms with Crippen LogP contribution in [0.2, 0.25) is 0 Å². The van der Waals surface area contributed by atoms with Crippen molar-refractivity contribution in [3.05, 3.63) is 64.8 Å². The first-order valence-corrected chi connectivity index (χ1v) is 10.5. The molecule has 162 valence electrons. The summed E-state index contributed by atoms with van der Waals surface area (Å²) in [4.78, 5) is 29.9. The van der Waals surface area contributed by atoms with Gasteiger partial charge in [0.15, 0.2) is 6.61 Å². The average molecular weight is 421 g/mol. The van der Waals surface area contributed by atoms with E-state index in [0.717, 1.165) is 28.6 Å². The van der Waals surface area contributed by atoms with E-state index in [1.165, 1.54) is 12.7 Å².